The summed E-state index contributed by atoms with van der Waals surface area (Å²) in [6, 6.07) is 2.67. The number of hydrogen-bond donors (Lipinski definition) is 1. The van der Waals surface area contributed by atoms with Crippen LogP contribution in [0.1, 0.15) is 25.0 Å². The number of hydrogen-bond acceptors (Lipinski definition) is 3. The summed E-state index contributed by atoms with van der Waals surface area (Å²) in [5.41, 5.74) is 2.00. The maximum absolute atomic E-state index is 10.8. The van der Waals surface area contributed by atoms with Crippen molar-refractivity contribution >= 4 is 16.8 Å². The van der Waals surface area contributed by atoms with Gasteiger partial charge in [-0.2, -0.15) is 0 Å². The third-order valence-electron chi connectivity index (χ3n) is 2.23. The van der Waals surface area contributed by atoms with E-state index in [1.54, 1.807) is 13.8 Å². The number of allylic oxidation sites excluding steroid dienone is 2. The number of rotatable bonds is 3. The predicted molar refractivity (Wildman–Crippen MR) is 64.2 cm³/mol. The first-order valence-electron chi connectivity index (χ1n) is 4.67. The van der Waals surface area contributed by atoms with Crippen molar-refractivity contribution in [1.29, 1.82) is 0 Å². The minimum absolute atomic E-state index is 0.135. The summed E-state index contributed by atoms with van der Waals surface area (Å²) < 4.78 is 0. The first-order valence-corrected chi connectivity index (χ1v) is 4.67. The van der Waals surface area contributed by atoms with E-state index >= 15 is 0 Å². The normalized spacial score (nSPS) is 9.88. The Morgan fingerprint density at radius 2 is 1.75 bits per heavy atom. The minimum atomic E-state index is -0.536. The van der Waals surface area contributed by atoms with E-state index in [-0.39, 0.29) is 11.4 Å². The molecule has 0 aliphatic heterocycles. The monoisotopic (exact) mass is 219 g/mol. The second-order valence-corrected chi connectivity index (χ2v) is 3.70. The molecule has 1 aromatic rings. The molecule has 4 nitrogen and oxygen atoms in total. The predicted octanol–water partition coefficient (Wildman–Crippen LogP) is 3.37. The van der Waals surface area contributed by atoms with Gasteiger partial charge in [0.15, 0.2) is 0 Å². The smallest absolute Gasteiger partial charge is 0.280 e. The van der Waals surface area contributed by atoms with Crippen molar-refractivity contribution in [2.75, 3.05) is 0 Å². The molecule has 0 bridgehead atoms. The van der Waals surface area contributed by atoms with Crippen LogP contribution in [0.3, 0.4) is 0 Å². The second-order valence-electron chi connectivity index (χ2n) is 3.70. The van der Waals surface area contributed by atoms with Crippen molar-refractivity contribution in [3.8, 4) is 5.75 Å². The summed E-state index contributed by atoms with van der Waals surface area (Å²) in [5.74, 6) is -0.135. The van der Waals surface area contributed by atoms with Gasteiger partial charge in [-0.25, -0.2) is 0 Å². The van der Waals surface area contributed by atoms with Gasteiger partial charge in [0.05, 0.1) is 16.6 Å². The highest BCUT2D eigenvalue weighted by molar-refractivity contribution is 5.78. The fraction of sp³-hybridized carbons (Fsp3) is 0.167. The van der Waals surface area contributed by atoms with Gasteiger partial charge < -0.3 is 5.11 Å². The van der Waals surface area contributed by atoms with E-state index in [1.165, 1.54) is 6.07 Å². The molecule has 0 unspecified atom stereocenters. The number of phenolic OH excluding ortho intramolecular Hbond substituents is 1. The lowest BCUT2D eigenvalue weighted by molar-refractivity contribution is -0.385. The lowest BCUT2D eigenvalue weighted by atomic mass is 9.99. The second kappa shape index (κ2) is 4.18. The van der Waals surface area contributed by atoms with Gasteiger partial charge in [0.25, 0.3) is 5.69 Å². The Morgan fingerprint density at radius 3 is 2.12 bits per heavy atom. The molecule has 0 radical (unpaired) electrons. The van der Waals surface area contributed by atoms with E-state index in [0.29, 0.717) is 22.3 Å². The molecular formula is C12H13NO3. The maximum Gasteiger partial charge on any atom is 0.280 e. The van der Waals surface area contributed by atoms with Crippen molar-refractivity contribution in [3.63, 3.8) is 0 Å². The summed E-state index contributed by atoms with van der Waals surface area (Å²) in [6.07, 6.45) is 0. The molecule has 0 saturated carbocycles. The van der Waals surface area contributed by atoms with Crippen LogP contribution in [0.2, 0.25) is 0 Å². The number of benzene rings is 1. The molecule has 0 heterocycles. The summed E-state index contributed by atoms with van der Waals surface area (Å²) >= 11 is 0. The molecule has 0 fully saturated rings. The summed E-state index contributed by atoms with van der Waals surface area (Å²) in [5, 5.41) is 20.4. The van der Waals surface area contributed by atoms with Crippen LogP contribution in [0.15, 0.2) is 25.3 Å². The van der Waals surface area contributed by atoms with Crippen LogP contribution in [-0.4, -0.2) is 10.0 Å². The Balaban J connectivity index is 3.55. The van der Waals surface area contributed by atoms with Gasteiger partial charge in [0.2, 0.25) is 0 Å². The quantitative estimate of drug-likeness (QED) is 0.626. The zero-order valence-corrected chi connectivity index (χ0v) is 9.28. The van der Waals surface area contributed by atoms with Gasteiger partial charge in [0, 0.05) is 5.56 Å². The first kappa shape index (κ1) is 12.0. The van der Waals surface area contributed by atoms with Gasteiger partial charge >= 0.3 is 0 Å². The number of nitro groups is 1. The average Bonchev–Trinajstić information content (AvgIpc) is 2.15. The summed E-state index contributed by atoms with van der Waals surface area (Å²) in [4.78, 5) is 10.3. The number of nitro benzene ring substituents is 1. The van der Waals surface area contributed by atoms with Crippen LogP contribution in [-0.2, 0) is 0 Å². The minimum Gasteiger partial charge on any atom is -0.507 e. The molecule has 0 saturated heterocycles. The zero-order chi connectivity index (χ0) is 12.5. The Bertz CT molecular complexity index is 489. The molecule has 0 aliphatic carbocycles. The average molecular weight is 219 g/mol. The van der Waals surface area contributed by atoms with Crippen LogP contribution in [0.5, 0.6) is 5.75 Å². The van der Waals surface area contributed by atoms with E-state index in [2.05, 4.69) is 13.2 Å². The zero-order valence-electron chi connectivity index (χ0n) is 9.28. The van der Waals surface area contributed by atoms with Crippen LogP contribution in [0, 0.1) is 10.1 Å². The maximum atomic E-state index is 10.8. The standard InChI is InChI=1S/C12H13NO3/c1-7(2)9-5-10(8(3)4)12(14)6-11(9)13(15)16/h5-6,14H,1,3H2,2,4H3. The van der Waals surface area contributed by atoms with E-state index in [1.807, 2.05) is 0 Å². The largest absolute Gasteiger partial charge is 0.507 e. The van der Waals surface area contributed by atoms with Crippen LogP contribution < -0.4 is 0 Å². The molecular weight excluding hydrogens is 206 g/mol. The van der Waals surface area contributed by atoms with Gasteiger partial charge in [0.1, 0.15) is 5.75 Å². The highest BCUT2D eigenvalue weighted by Gasteiger charge is 2.18. The molecule has 0 spiro atoms. The molecule has 0 aliphatic rings. The van der Waals surface area contributed by atoms with Crippen molar-refractivity contribution in [2.24, 2.45) is 0 Å². The highest BCUT2D eigenvalue weighted by atomic mass is 16.6. The molecule has 1 aromatic carbocycles. The molecule has 0 aromatic heterocycles. The number of nitrogens with zero attached hydrogens (tertiary/aromatic N) is 1. The Labute approximate surface area is 93.7 Å². The molecule has 84 valence electrons. The SMILES string of the molecule is C=C(C)c1cc(C(=C)C)c([N+](=O)[O-])cc1O. The number of phenols is 1. The van der Waals surface area contributed by atoms with Crippen molar-refractivity contribution in [1.82, 2.24) is 0 Å². The lowest BCUT2D eigenvalue weighted by Crippen LogP contribution is -1.95. The topological polar surface area (TPSA) is 63.4 Å². The van der Waals surface area contributed by atoms with Crippen molar-refractivity contribution < 1.29 is 10.0 Å². The van der Waals surface area contributed by atoms with E-state index in [0.717, 1.165) is 6.07 Å². The van der Waals surface area contributed by atoms with Gasteiger partial charge in [-0.15, -0.1) is 0 Å². The molecule has 1 rings (SSSR count). The van der Waals surface area contributed by atoms with Crippen molar-refractivity contribution in [2.45, 2.75) is 13.8 Å². The van der Waals surface area contributed by atoms with Crippen LogP contribution >= 0.6 is 0 Å². The van der Waals surface area contributed by atoms with Crippen molar-refractivity contribution in [3.05, 3.63) is 46.5 Å². The van der Waals surface area contributed by atoms with Crippen LogP contribution in [0.4, 0.5) is 5.69 Å². The van der Waals surface area contributed by atoms with Gasteiger partial charge in [-0.05, 0) is 31.1 Å². The number of aromatic hydroxyl groups is 1. The highest BCUT2D eigenvalue weighted by Crippen LogP contribution is 2.34. The molecule has 0 atom stereocenters. The Kier molecular flexibility index (Phi) is 3.13. The van der Waals surface area contributed by atoms with E-state index < -0.39 is 4.92 Å². The van der Waals surface area contributed by atoms with Crippen LogP contribution in [0.25, 0.3) is 11.1 Å². The third-order valence-corrected chi connectivity index (χ3v) is 2.23. The first-order chi connectivity index (χ1) is 7.34. The van der Waals surface area contributed by atoms with Gasteiger partial charge in [-0.1, -0.05) is 13.2 Å². The molecule has 0 amide bonds. The van der Waals surface area contributed by atoms with Gasteiger partial charge in [-0.3, -0.25) is 10.1 Å². The molecule has 16 heavy (non-hydrogen) atoms. The Hall–Kier alpha value is -2.10. The summed E-state index contributed by atoms with van der Waals surface area (Å²) in [6.45, 7) is 10.8. The van der Waals surface area contributed by atoms with E-state index in [4.69, 9.17) is 0 Å². The van der Waals surface area contributed by atoms with E-state index in [9.17, 15) is 15.2 Å². The lowest BCUT2D eigenvalue weighted by Gasteiger charge is -2.08. The fourth-order valence-corrected chi connectivity index (χ4v) is 1.41. The Morgan fingerprint density at radius 1 is 1.25 bits per heavy atom. The summed E-state index contributed by atoms with van der Waals surface area (Å²) in [7, 11) is 0. The third kappa shape index (κ3) is 2.11. The molecule has 1 N–H and O–H groups in total. The molecule has 4 heteroatoms. The fourth-order valence-electron chi connectivity index (χ4n) is 1.41.